The Kier molecular flexibility index (Phi) is 5.65. The van der Waals surface area contributed by atoms with Crippen molar-refractivity contribution < 1.29 is 18.3 Å². The van der Waals surface area contributed by atoms with E-state index in [1.165, 1.54) is 18.2 Å². The molecule has 0 unspecified atom stereocenters. The summed E-state index contributed by atoms with van der Waals surface area (Å²) in [7, 11) is 0. The van der Waals surface area contributed by atoms with Crippen LogP contribution in [0.15, 0.2) is 24.3 Å². The van der Waals surface area contributed by atoms with Gasteiger partial charge in [-0.2, -0.15) is 8.78 Å². The summed E-state index contributed by atoms with van der Waals surface area (Å²) in [6.07, 6.45) is 6.26. The van der Waals surface area contributed by atoms with E-state index in [-0.39, 0.29) is 11.3 Å². The second-order valence-electron chi connectivity index (χ2n) is 3.44. The van der Waals surface area contributed by atoms with Crippen molar-refractivity contribution in [3.05, 3.63) is 29.8 Å². The van der Waals surface area contributed by atoms with Gasteiger partial charge in [-0.05, 0) is 18.6 Å². The van der Waals surface area contributed by atoms with E-state index < -0.39 is 12.5 Å². The Hall–Kier alpha value is -2.09. The SMILES string of the molecule is C#CCCCNC(=O)c1ccccc1OC(F)F. The average molecular weight is 253 g/mol. The first-order valence-electron chi connectivity index (χ1n) is 5.40. The van der Waals surface area contributed by atoms with Gasteiger partial charge in [0.25, 0.3) is 5.91 Å². The van der Waals surface area contributed by atoms with E-state index in [0.29, 0.717) is 19.4 Å². The predicted octanol–water partition coefficient (Wildman–Crippen LogP) is 2.43. The van der Waals surface area contributed by atoms with E-state index in [1.54, 1.807) is 6.07 Å². The third-order valence-electron chi connectivity index (χ3n) is 2.13. The topological polar surface area (TPSA) is 38.3 Å². The van der Waals surface area contributed by atoms with E-state index in [4.69, 9.17) is 6.42 Å². The lowest BCUT2D eigenvalue weighted by atomic mass is 10.2. The standard InChI is InChI=1S/C13H13F2NO2/c1-2-3-6-9-16-12(17)10-7-4-5-8-11(10)18-13(14)15/h1,4-5,7-8,13H,3,6,9H2,(H,16,17). The molecule has 0 heterocycles. The fraction of sp³-hybridized carbons (Fsp3) is 0.308. The van der Waals surface area contributed by atoms with Crippen molar-refractivity contribution in [3.8, 4) is 18.1 Å². The van der Waals surface area contributed by atoms with Crippen molar-refractivity contribution in [2.75, 3.05) is 6.54 Å². The number of halogens is 2. The van der Waals surface area contributed by atoms with Gasteiger partial charge < -0.3 is 10.1 Å². The van der Waals surface area contributed by atoms with E-state index in [1.807, 2.05) is 0 Å². The van der Waals surface area contributed by atoms with Crippen molar-refractivity contribution in [1.82, 2.24) is 5.32 Å². The van der Waals surface area contributed by atoms with Crippen molar-refractivity contribution >= 4 is 5.91 Å². The average Bonchev–Trinajstić information content (AvgIpc) is 2.34. The number of hydrogen-bond acceptors (Lipinski definition) is 2. The number of rotatable bonds is 6. The first-order valence-corrected chi connectivity index (χ1v) is 5.40. The van der Waals surface area contributed by atoms with Gasteiger partial charge in [-0.25, -0.2) is 0 Å². The van der Waals surface area contributed by atoms with Crippen LogP contribution in [0.25, 0.3) is 0 Å². The molecule has 0 aliphatic rings. The number of carbonyl (C=O) groups is 1. The molecule has 0 fully saturated rings. The summed E-state index contributed by atoms with van der Waals surface area (Å²) in [5.74, 6) is 1.85. The second kappa shape index (κ2) is 7.28. The summed E-state index contributed by atoms with van der Waals surface area (Å²) in [6.45, 7) is -2.56. The molecule has 0 aliphatic carbocycles. The summed E-state index contributed by atoms with van der Waals surface area (Å²) in [5, 5.41) is 2.59. The number of para-hydroxylation sites is 1. The minimum atomic E-state index is -2.96. The molecule has 1 aromatic rings. The molecular formula is C13H13F2NO2. The number of unbranched alkanes of at least 4 members (excludes halogenated alkanes) is 1. The molecule has 5 heteroatoms. The molecule has 1 rings (SSSR count). The Labute approximate surface area is 104 Å². The summed E-state index contributed by atoms with van der Waals surface area (Å²) < 4.78 is 28.5. The third-order valence-corrected chi connectivity index (χ3v) is 2.13. The molecule has 1 aromatic carbocycles. The number of hydrogen-bond donors (Lipinski definition) is 1. The van der Waals surface area contributed by atoms with Crippen LogP contribution in [0.3, 0.4) is 0 Å². The van der Waals surface area contributed by atoms with E-state index in [0.717, 1.165) is 0 Å². The molecule has 0 bridgehead atoms. The van der Waals surface area contributed by atoms with Gasteiger partial charge >= 0.3 is 6.61 Å². The Morgan fingerprint density at radius 1 is 1.44 bits per heavy atom. The molecule has 0 atom stereocenters. The second-order valence-corrected chi connectivity index (χ2v) is 3.44. The predicted molar refractivity (Wildman–Crippen MR) is 63.5 cm³/mol. The fourth-order valence-corrected chi connectivity index (χ4v) is 1.34. The van der Waals surface area contributed by atoms with Crippen LogP contribution in [-0.4, -0.2) is 19.1 Å². The normalized spacial score (nSPS) is 9.89. The molecule has 0 saturated heterocycles. The molecule has 1 N–H and O–H groups in total. The van der Waals surface area contributed by atoms with Crippen LogP contribution in [0.5, 0.6) is 5.75 Å². The van der Waals surface area contributed by atoms with Crippen LogP contribution in [0.2, 0.25) is 0 Å². The first-order chi connectivity index (χ1) is 8.65. The molecule has 0 aromatic heterocycles. The lowest BCUT2D eigenvalue weighted by Crippen LogP contribution is -2.25. The third kappa shape index (κ3) is 4.42. The number of ether oxygens (including phenoxy) is 1. The highest BCUT2D eigenvalue weighted by molar-refractivity contribution is 5.96. The highest BCUT2D eigenvalue weighted by Gasteiger charge is 2.14. The summed E-state index contributed by atoms with van der Waals surface area (Å²) in [6, 6.07) is 5.85. The zero-order valence-electron chi connectivity index (χ0n) is 9.66. The molecule has 0 saturated carbocycles. The van der Waals surface area contributed by atoms with Crippen LogP contribution in [0.1, 0.15) is 23.2 Å². The molecule has 0 aliphatic heterocycles. The summed E-state index contributed by atoms with van der Waals surface area (Å²) in [4.78, 5) is 11.7. The zero-order chi connectivity index (χ0) is 13.4. The lowest BCUT2D eigenvalue weighted by Gasteiger charge is -2.10. The maximum atomic E-state index is 12.1. The van der Waals surface area contributed by atoms with Crippen molar-refractivity contribution in [2.24, 2.45) is 0 Å². The number of amides is 1. The molecule has 18 heavy (non-hydrogen) atoms. The Morgan fingerprint density at radius 3 is 2.83 bits per heavy atom. The van der Waals surface area contributed by atoms with Gasteiger partial charge in [0.15, 0.2) is 0 Å². The van der Waals surface area contributed by atoms with Crippen LogP contribution in [0.4, 0.5) is 8.78 Å². The van der Waals surface area contributed by atoms with Gasteiger partial charge in [-0.15, -0.1) is 12.3 Å². The van der Waals surface area contributed by atoms with E-state index in [9.17, 15) is 13.6 Å². The molecule has 3 nitrogen and oxygen atoms in total. The molecule has 96 valence electrons. The molecule has 0 spiro atoms. The van der Waals surface area contributed by atoms with Crippen LogP contribution < -0.4 is 10.1 Å². The van der Waals surface area contributed by atoms with Gasteiger partial charge in [-0.3, -0.25) is 4.79 Å². The summed E-state index contributed by atoms with van der Waals surface area (Å²) in [5.41, 5.74) is 0.0820. The number of alkyl halides is 2. The number of benzene rings is 1. The van der Waals surface area contributed by atoms with Gasteiger partial charge in [0, 0.05) is 13.0 Å². The first kappa shape index (κ1) is 14.0. The highest BCUT2D eigenvalue weighted by atomic mass is 19.3. The minimum absolute atomic E-state index is 0.0820. The highest BCUT2D eigenvalue weighted by Crippen LogP contribution is 2.19. The van der Waals surface area contributed by atoms with Crippen LogP contribution in [-0.2, 0) is 0 Å². The number of carbonyl (C=O) groups excluding carboxylic acids is 1. The quantitative estimate of drug-likeness (QED) is 0.624. The fourth-order valence-electron chi connectivity index (χ4n) is 1.34. The maximum Gasteiger partial charge on any atom is 0.387 e. The summed E-state index contributed by atoms with van der Waals surface area (Å²) >= 11 is 0. The Bertz CT molecular complexity index is 441. The molecule has 0 radical (unpaired) electrons. The van der Waals surface area contributed by atoms with Crippen molar-refractivity contribution in [2.45, 2.75) is 19.5 Å². The minimum Gasteiger partial charge on any atom is -0.434 e. The number of terminal acetylenes is 1. The maximum absolute atomic E-state index is 12.1. The lowest BCUT2D eigenvalue weighted by molar-refractivity contribution is -0.0501. The van der Waals surface area contributed by atoms with Crippen LogP contribution in [0, 0.1) is 12.3 Å². The Balaban J connectivity index is 2.64. The van der Waals surface area contributed by atoms with Crippen LogP contribution >= 0.6 is 0 Å². The van der Waals surface area contributed by atoms with Crippen molar-refractivity contribution in [3.63, 3.8) is 0 Å². The smallest absolute Gasteiger partial charge is 0.387 e. The van der Waals surface area contributed by atoms with Gasteiger partial charge in [0.05, 0.1) is 5.56 Å². The van der Waals surface area contributed by atoms with Gasteiger partial charge in [0.2, 0.25) is 0 Å². The zero-order valence-corrected chi connectivity index (χ0v) is 9.66. The van der Waals surface area contributed by atoms with E-state index >= 15 is 0 Å². The monoisotopic (exact) mass is 253 g/mol. The van der Waals surface area contributed by atoms with E-state index in [2.05, 4.69) is 16.0 Å². The molecular weight excluding hydrogens is 240 g/mol. The van der Waals surface area contributed by atoms with Gasteiger partial charge in [0.1, 0.15) is 5.75 Å². The largest absolute Gasteiger partial charge is 0.434 e. The van der Waals surface area contributed by atoms with Gasteiger partial charge in [-0.1, -0.05) is 12.1 Å². The molecule has 1 amide bonds. The number of nitrogens with one attached hydrogen (secondary N) is 1. The Morgan fingerprint density at radius 2 is 2.17 bits per heavy atom. The van der Waals surface area contributed by atoms with Crippen molar-refractivity contribution in [1.29, 1.82) is 0 Å².